The summed E-state index contributed by atoms with van der Waals surface area (Å²) in [6.45, 7) is 2.02. The molecule has 1 aromatic rings. The Kier molecular flexibility index (Phi) is 4.00. The third-order valence-corrected chi connectivity index (χ3v) is 3.44. The van der Waals surface area contributed by atoms with E-state index in [4.69, 9.17) is 0 Å². The fourth-order valence-corrected chi connectivity index (χ4v) is 2.32. The van der Waals surface area contributed by atoms with Gasteiger partial charge in [0.05, 0.1) is 4.92 Å². The predicted octanol–water partition coefficient (Wildman–Crippen LogP) is 3.83. The van der Waals surface area contributed by atoms with E-state index in [0.717, 1.165) is 30.5 Å². The Bertz CT molecular complexity index is 547. The molecule has 2 rings (SSSR count). The summed E-state index contributed by atoms with van der Waals surface area (Å²) >= 11 is 0. The van der Waals surface area contributed by atoms with Gasteiger partial charge in [-0.15, -0.1) is 0 Å². The molecule has 0 amide bonds. The minimum atomic E-state index is -0.342. The fraction of sp³-hybridized carbons (Fsp3) is 0.333. The topological polar surface area (TPSA) is 46.4 Å². The molecule has 19 heavy (non-hydrogen) atoms. The van der Waals surface area contributed by atoms with Gasteiger partial charge in [0, 0.05) is 30.6 Å². The Balaban J connectivity index is 2.36. The van der Waals surface area contributed by atoms with Gasteiger partial charge in [0.25, 0.3) is 5.69 Å². The van der Waals surface area contributed by atoms with E-state index in [1.165, 1.54) is 5.70 Å². The molecule has 0 N–H and O–H groups in total. The number of benzene rings is 1. The molecule has 1 aliphatic rings. The third kappa shape index (κ3) is 2.84. The third-order valence-electron chi connectivity index (χ3n) is 3.44. The maximum absolute atomic E-state index is 10.8. The van der Waals surface area contributed by atoms with Crippen LogP contribution in [0.15, 0.2) is 42.1 Å². The summed E-state index contributed by atoms with van der Waals surface area (Å²) in [4.78, 5) is 12.6. The zero-order valence-corrected chi connectivity index (χ0v) is 11.3. The van der Waals surface area contributed by atoms with E-state index in [2.05, 4.69) is 23.1 Å². The van der Waals surface area contributed by atoms with Crippen molar-refractivity contribution in [3.05, 3.63) is 57.8 Å². The number of rotatable bonds is 4. The van der Waals surface area contributed by atoms with E-state index in [1.54, 1.807) is 12.1 Å². The molecule has 0 saturated heterocycles. The summed E-state index contributed by atoms with van der Waals surface area (Å²) in [7, 11) is 2.02. The number of anilines is 1. The molecule has 0 atom stereocenters. The van der Waals surface area contributed by atoms with Gasteiger partial charge in [0.1, 0.15) is 0 Å². The van der Waals surface area contributed by atoms with E-state index in [9.17, 15) is 10.1 Å². The summed E-state index contributed by atoms with van der Waals surface area (Å²) in [5, 5.41) is 10.8. The molecule has 0 bridgehead atoms. The molecule has 4 heteroatoms. The number of nitro groups is 1. The van der Waals surface area contributed by atoms with Crippen molar-refractivity contribution in [1.82, 2.24) is 0 Å². The van der Waals surface area contributed by atoms with Gasteiger partial charge in [-0.2, -0.15) is 0 Å². The fourth-order valence-electron chi connectivity index (χ4n) is 2.32. The molecule has 1 aromatic carbocycles. The molecule has 0 radical (unpaired) electrons. The first-order chi connectivity index (χ1) is 9.13. The van der Waals surface area contributed by atoms with E-state index in [0.29, 0.717) is 0 Å². The highest BCUT2D eigenvalue weighted by molar-refractivity contribution is 5.61. The Hall–Kier alpha value is -2.10. The van der Waals surface area contributed by atoms with Crippen LogP contribution >= 0.6 is 0 Å². The monoisotopic (exact) mass is 258 g/mol. The van der Waals surface area contributed by atoms with Gasteiger partial charge < -0.3 is 4.90 Å². The first-order valence-corrected chi connectivity index (χ1v) is 6.50. The minimum absolute atomic E-state index is 0.159. The zero-order valence-electron chi connectivity index (χ0n) is 11.3. The van der Waals surface area contributed by atoms with Crippen LogP contribution in [0.5, 0.6) is 0 Å². The van der Waals surface area contributed by atoms with Crippen molar-refractivity contribution in [3.63, 3.8) is 0 Å². The number of hydrogen-bond acceptors (Lipinski definition) is 3. The molecule has 4 nitrogen and oxygen atoms in total. The Morgan fingerprint density at radius 1 is 1.42 bits per heavy atom. The Morgan fingerprint density at radius 2 is 2.21 bits per heavy atom. The van der Waals surface area contributed by atoms with Gasteiger partial charge in [-0.25, -0.2) is 0 Å². The van der Waals surface area contributed by atoms with Crippen LogP contribution in [0, 0.1) is 10.1 Å². The lowest BCUT2D eigenvalue weighted by atomic mass is 10.1. The summed E-state index contributed by atoms with van der Waals surface area (Å²) in [6, 6.07) is 5.09. The van der Waals surface area contributed by atoms with Crippen molar-refractivity contribution in [2.24, 2.45) is 0 Å². The van der Waals surface area contributed by atoms with Crippen molar-refractivity contribution >= 4 is 11.4 Å². The van der Waals surface area contributed by atoms with Crippen molar-refractivity contribution in [2.45, 2.75) is 26.2 Å². The number of nitro benzene ring substituents is 1. The second kappa shape index (κ2) is 5.69. The van der Waals surface area contributed by atoms with Crippen molar-refractivity contribution in [2.75, 3.05) is 11.9 Å². The van der Waals surface area contributed by atoms with E-state index >= 15 is 0 Å². The Morgan fingerprint density at radius 3 is 2.79 bits per heavy atom. The van der Waals surface area contributed by atoms with E-state index in [-0.39, 0.29) is 10.6 Å². The number of nitrogens with zero attached hydrogens (tertiary/aromatic N) is 2. The number of hydrogen-bond donors (Lipinski definition) is 0. The quantitative estimate of drug-likeness (QED) is 0.609. The van der Waals surface area contributed by atoms with Crippen LogP contribution in [0.4, 0.5) is 11.4 Å². The molecule has 0 saturated carbocycles. The van der Waals surface area contributed by atoms with Gasteiger partial charge in [-0.3, -0.25) is 10.1 Å². The highest BCUT2D eigenvalue weighted by Crippen LogP contribution is 2.29. The van der Waals surface area contributed by atoms with Crippen molar-refractivity contribution in [3.8, 4) is 0 Å². The van der Waals surface area contributed by atoms with Gasteiger partial charge >= 0.3 is 0 Å². The van der Waals surface area contributed by atoms with Crippen LogP contribution in [0.2, 0.25) is 0 Å². The minimum Gasteiger partial charge on any atom is -0.348 e. The normalized spacial score (nSPS) is 14.1. The number of non-ortho nitro benzene ring substituents is 1. The van der Waals surface area contributed by atoms with Gasteiger partial charge in [-0.05, 0) is 37.0 Å². The van der Waals surface area contributed by atoms with Crippen LogP contribution in [-0.4, -0.2) is 12.0 Å². The molecular weight excluding hydrogens is 240 g/mol. The van der Waals surface area contributed by atoms with E-state index in [1.807, 2.05) is 20.0 Å². The summed E-state index contributed by atoms with van der Waals surface area (Å²) in [5.74, 6) is 0. The van der Waals surface area contributed by atoms with E-state index < -0.39 is 0 Å². The second-order valence-electron chi connectivity index (χ2n) is 4.61. The first kappa shape index (κ1) is 13.3. The molecule has 1 aliphatic carbocycles. The van der Waals surface area contributed by atoms with Crippen LogP contribution in [0.1, 0.15) is 25.3 Å². The highest BCUT2D eigenvalue weighted by atomic mass is 16.6. The lowest BCUT2D eigenvalue weighted by molar-refractivity contribution is -0.384. The molecule has 0 unspecified atom stereocenters. The predicted molar refractivity (Wildman–Crippen MR) is 77.3 cm³/mol. The molecule has 100 valence electrons. The maximum Gasteiger partial charge on any atom is 0.269 e. The van der Waals surface area contributed by atoms with Crippen LogP contribution in [-0.2, 0) is 6.42 Å². The molecule has 0 fully saturated rings. The summed E-state index contributed by atoms with van der Waals surface area (Å²) in [6.07, 6.45) is 9.15. The largest absolute Gasteiger partial charge is 0.348 e. The highest BCUT2D eigenvalue weighted by Gasteiger charge is 2.15. The Labute approximate surface area is 113 Å². The molecule has 0 heterocycles. The molecular formula is C15H18N2O2. The second-order valence-corrected chi connectivity index (χ2v) is 4.61. The molecule has 0 aromatic heterocycles. The average molecular weight is 258 g/mol. The van der Waals surface area contributed by atoms with Gasteiger partial charge in [-0.1, -0.05) is 19.1 Å². The van der Waals surface area contributed by atoms with Crippen LogP contribution in [0.25, 0.3) is 0 Å². The number of allylic oxidation sites excluding steroid dienone is 4. The van der Waals surface area contributed by atoms with Gasteiger partial charge in [0.2, 0.25) is 0 Å². The van der Waals surface area contributed by atoms with Crippen molar-refractivity contribution < 1.29 is 4.92 Å². The summed E-state index contributed by atoms with van der Waals surface area (Å²) < 4.78 is 0. The lowest BCUT2D eigenvalue weighted by Crippen LogP contribution is -2.18. The van der Waals surface area contributed by atoms with Crippen molar-refractivity contribution in [1.29, 1.82) is 0 Å². The van der Waals surface area contributed by atoms with Crippen LogP contribution < -0.4 is 4.90 Å². The smallest absolute Gasteiger partial charge is 0.269 e. The average Bonchev–Trinajstić information content (AvgIpc) is 2.46. The maximum atomic E-state index is 10.8. The van der Waals surface area contributed by atoms with Crippen LogP contribution in [0.3, 0.4) is 0 Å². The SMILES string of the molecule is CCc1cc([N+](=O)[O-])ccc1N(C)C1=CC=CCC1. The number of aryl methyl sites for hydroxylation is 1. The standard InChI is InChI=1S/C15H18N2O2/c1-3-12-11-14(17(18)19)9-10-15(12)16(2)13-7-5-4-6-8-13/h4-5,7,9-11H,3,6,8H2,1-2H3. The molecule has 0 aliphatic heterocycles. The van der Waals surface area contributed by atoms with Gasteiger partial charge in [0.15, 0.2) is 0 Å². The zero-order chi connectivity index (χ0) is 13.8. The molecule has 0 spiro atoms. The lowest BCUT2D eigenvalue weighted by Gasteiger charge is -2.26. The first-order valence-electron chi connectivity index (χ1n) is 6.50. The summed E-state index contributed by atoms with van der Waals surface area (Å²) in [5.41, 5.74) is 3.46.